The van der Waals surface area contributed by atoms with Crippen LogP contribution in [0.2, 0.25) is 0 Å². The zero-order valence-electron chi connectivity index (χ0n) is 23.5. The molecule has 2 N–H and O–H groups in total. The Labute approximate surface area is 238 Å². The van der Waals surface area contributed by atoms with Gasteiger partial charge in [0.2, 0.25) is 5.91 Å². The van der Waals surface area contributed by atoms with Crippen molar-refractivity contribution in [1.29, 1.82) is 0 Å². The van der Waals surface area contributed by atoms with Crippen LogP contribution in [0.5, 0.6) is 11.5 Å². The fourth-order valence-electron chi connectivity index (χ4n) is 4.10. The highest BCUT2D eigenvalue weighted by Crippen LogP contribution is 2.27. The van der Waals surface area contributed by atoms with Crippen LogP contribution in [0.3, 0.4) is 0 Å². The summed E-state index contributed by atoms with van der Waals surface area (Å²) in [6.07, 6.45) is 0. The number of anilines is 1. The number of aromatic nitrogens is 3. The molecule has 0 atom stereocenters. The molecule has 40 heavy (non-hydrogen) atoms. The third-order valence-electron chi connectivity index (χ3n) is 6.33. The number of nitrogens with zero attached hydrogens (tertiary/aromatic N) is 3. The van der Waals surface area contributed by atoms with Gasteiger partial charge in [-0.2, -0.15) is 0 Å². The van der Waals surface area contributed by atoms with Crippen molar-refractivity contribution in [3.8, 4) is 17.2 Å². The largest absolute Gasteiger partial charge is 0.497 e. The SMILES string of the molecule is COc1cc(OC)cc(C(=O)NCc2nnc(SCC(=O)Nc3cc(C)ccc3C)n2-c2cc(C)ccc2C)c1. The van der Waals surface area contributed by atoms with E-state index < -0.39 is 0 Å². The number of aryl methyl sites for hydroxylation is 4. The summed E-state index contributed by atoms with van der Waals surface area (Å²) in [5.74, 6) is 1.26. The number of nitrogens with one attached hydrogen (secondary N) is 2. The van der Waals surface area contributed by atoms with Gasteiger partial charge in [-0.25, -0.2) is 0 Å². The predicted molar refractivity (Wildman–Crippen MR) is 157 cm³/mol. The van der Waals surface area contributed by atoms with E-state index in [1.807, 2.05) is 68.7 Å². The van der Waals surface area contributed by atoms with Gasteiger partial charge in [-0.05, 0) is 74.2 Å². The second-order valence-corrected chi connectivity index (χ2v) is 10.4. The second kappa shape index (κ2) is 12.7. The lowest BCUT2D eigenvalue weighted by Crippen LogP contribution is -2.25. The Kier molecular flexibility index (Phi) is 9.11. The number of amides is 2. The number of rotatable bonds is 10. The van der Waals surface area contributed by atoms with Crippen molar-refractivity contribution >= 4 is 29.3 Å². The molecule has 0 radical (unpaired) electrons. The number of benzene rings is 3. The molecule has 4 aromatic rings. The van der Waals surface area contributed by atoms with Crippen molar-refractivity contribution in [1.82, 2.24) is 20.1 Å². The first-order valence-electron chi connectivity index (χ1n) is 12.7. The van der Waals surface area contributed by atoms with Gasteiger partial charge in [0.1, 0.15) is 11.5 Å². The van der Waals surface area contributed by atoms with Crippen molar-refractivity contribution in [3.63, 3.8) is 0 Å². The lowest BCUT2D eigenvalue weighted by molar-refractivity contribution is -0.113. The molecular formula is C30H33N5O4S. The van der Waals surface area contributed by atoms with Gasteiger partial charge in [0, 0.05) is 17.3 Å². The fourth-order valence-corrected chi connectivity index (χ4v) is 4.86. The van der Waals surface area contributed by atoms with Crippen molar-refractivity contribution in [2.75, 3.05) is 25.3 Å². The van der Waals surface area contributed by atoms with Crippen LogP contribution in [0.1, 0.15) is 38.4 Å². The molecule has 208 valence electrons. The predicted octanol–water partition coefficient (Wildman–Crippen LogP) is 5.18. The summed E-state index contributed by atoms with van der Waals surface area (Å²) in [5, 5.41) is 15.2. The Bertz CT molecular complexity index is 1530. The summed E-state index contributed by atoms with van der Waals surface area (Å²) in [4.78, 5) is 25.9. The van der Waals surface area contributed by atoms with Crippen LogP contribution in [0.25, 0.3) is 5.69 Å². The minimum Gasteiger partial charge on any atom is -0.497 e. The summed E-state index contributed by atoms with van der Waals surface area (Å²) < 4.78 is 12.5. The van der Waals surface area contributed by atoms with Crippen molar-refractivity contribution in [2.24, 2.45) is 0 Å². The minimum atomic E-state index is -0.310. The Morgan fingerprint density at radius 2 is 1.50 bits per heavy atom. The van der Waals surface area contributed by atoms with E-state index in [0.717, 1.165) is 33.6 Å². The van der Waals surface area contributed by atoms with Gasteiger partial charge in [-0.3, -0.25) is 14.2 Å². The first-order chi connectivity index (χ1) is 19.2. The lowest BCUT2D eigenvalue weighted by atomic mass is 10.1. The molecule has 0 saturated heterocycles. The molecule has 4 rings (SSSR count). The molecule has 0 fully saturated rings. The quantitative estimate of drug-likeness (QED) is 0.258. The first kappa shape index (κ1) is 28.7. The number of methoxy groups -OCH3 is 2. The van der Waals surface area contributed by atoms with Gasteiger partial charge < -0.3 is 20.1 Å². The Morgan fingerprint density at radius 3 is 2.17 bits per heavy atom. The maximum absolute atomic E-state index is 13.0. The summed E-state index contributed by atoms with van der Waals surface area (Å²) in [6.45, 7) is 8.08. The van der Waals surface area contributed by atoms with E-state index in [-0.39, 0.29) is 24.1 Å². The molecule has 0 aliphatic rings. The smallest absolute Gasteiger partial charge is 0.251 e. The highest BCUT2D eigenvalue weighted by molar-refractivity contribution is 7.99. The standard InChI is InChI=1S/C30H33N5O4S/c1-18-7-9-20(3)25(11-18)32-28(36)17-40-30-34-33-27(35(30)26-12-19(2)8-10-21(26)4)16-31-29(37)22-13-23(38-5)15-24(14-22)39-6/h7-15H,16-17H2,1-6H3,(H,31,37)(H,32,36). The number of hydrogen-bond donors (Lipinski definition) is 2. The Hall–Kier alpha value is -4.31. The highest BCUT2D eigenvalue weighted by atomic mass is 32.2. The van der Waals surface area contributed by atoms with Gasteiger partial charge in [-0.1, -0.05) is 36.0 Å². The molecule has 3 aromatic carbocycles. The van der Waals surface area contributed by atoms with E-state index in [2.05, 4.69) is 20.8 Å². The van der Waals surface area contributed by atoms with Crippen LogP contribution in [-0.4, -0.2) is 46.6 Å². The molecule has 0 aliphatic carbocycles. The van der Waals surface area contributed by atoms with Crippen molar-refractivity contribution in [3.05, 3.63) is 88.2 Å². The number of carbonyl (C=O) groups is 2. The molecule has 1 heterocycles. The van der Waals surface area contributed by atoms with Gasteiger partial charge >= 0.3 is 0 Å². The zero-order valence-corrected chi connectivity index (χ0v) is 24.3. The van der Waals surface area contributed by atoms with Crippen LogP contribution in [0.4, 0.5) is 5.69 Å². The molecule has 9 nitrogen and oxygen atoms in total. The Morgan fingerprint density at radius 1 is 0.850 bits per heavy atom. The maximum atomic E-state index is 13.0. The van der Waals surface area contributed by atoms with Crippen LogP contribution in [0.15, 0.2) is 59.8 Å². The molecule has 0 aliphatic heterocycles. The van der Waals surface area contributed by atoms with E-state index in [4.69, 9.17) is 9.47 Å². The number of ether oxygens (including phenoxy) is 2. The third kappa shape index (κ3) is 6.81. The van der Waals surface area contributed by atoms with Gasteiger partial charge in [-0.15, -0.1) is 10.2 Å². The first-order valence-corrected chi connectivity index (χ1v) is 13.7. The molecule has 1 aromatic heterocycles. The fraction of sp³-hybridized carbons (Fsp3) is 0.267. The average Bonchev–Trinajstić information content (AvgIpc) is 3.35. The summed E-state index contributed by atoms with van der Waals surface area (Å²) >= 11 is 1.29. The molecule has 0 bridgehead atoms. The minimum absolute atomic E-state index is 0.119. The van der Waals surface area contributed by atoms with Crippen LogP contribution in [-0.2, 0) is 11.3 Å². The summed E-state index contributed by atoms with van der Waals surface area (Å²) in [6, 6.07) is 17.0. The van der Waals surface area contributed by atoms with E-state index in [9.17, 15) is 9.59 Å². The maximum Gasteiger partial charge on any atom is 0.251 e. The van der Waals surface area contributed by atoms with Gasteiger partial charge in [0.15, 0.2) is 11.0 Å². The van der Waals surface area contributed by atoms with Crippen molar-refractivity contribution in [2.45, 2.75) is 39.4 Å². The third-order valence-corrected chi connectivity index (χ3v) is 7.26. The molecule has 10 heteroatoms. The normalized spacial score (nSPS) is 10.8. The molecule has 0 saturated carbocycles. The van der Waals surface area contributed by atoms with Crippen LogP contribution in [0, 0.1) is 27.7 Å². The van der Waals surface area contributed by atoms with E-state index in [0.29, 0.717) is 28.0 Å². The lowest BCUT2D eigenvalue weighted by Gasteiger charge is -2.15. The highest BCUT2D eigenvalue weighted by Gasteiger charge is 2.19. The summed E-state index contributed by atoms with van der Waals surface area (Å²) in [7, 11) is 3.06. The molecule has 0 spiro atoms. The van der Waals surface area contributed by atoms with E-state index in [1.165, 1.54) is 26.0 Å². The molecule has 0 unspecified atom stereocenters. The van der Waals surface area contributed by atoms with E-state index in [1.54, 1.807) is 18.2 Å². The number of thioether (sulfide) groups is 1. The van der Waals surface area contributed by atoms with Crippen LogP contribution >= 0.6 is 11.8 Å². The second-order valence-electron chi connectivity index (χ2n) is 9.46. The zero-order chi connectivity index (χ0) is 28.8. The molecule has 2 amide bonds. The van der Waals surface area contributed by atoms with Gasteiger partial charge in [0.05, 0.1) is 32.2 Å². The monoisotopic (exact) mass is 559 g/mol. The molecular weight excluding hydrogens is 526 g/mol. The average molecular weight is 560 g/mol. The topological polar surface area (TPSA) is 107 Å². The van der Waals surface area contributed by atoms with Gasteiger partial charge in [0.25, 0.3) is 5.91 Å². The van der Waals surface area contributed by atoms with Crippen LogP contribution < -0.4 is 20.1 Å². The van der Waals surface area contributed by atoms with E-state index >= 15 is 0 Å². The number of carbonyl (C=O) groups excluding carboxylic acids is 2. The number of hydrogen-bond acceptors (Lipinski definition) is 7. The van der Waals surface area contributed by atoms with Crippen molar-refractivity contribution < 1.29 is 19.1 Å². The summed E-state index contributed by atoms with van der Waals surface area (Å²) in [5.41, 5.74) is 6.21. The Balaban J connectivity index is 1.56.